The zero-order chi connectivity index (χ0) is 16.1. The minimum absolute atomic E-state index is 0.220. The lowest BCUT2D eigenvalue weighted by atomic mass is 10.1. The number of nitrogens with zero attached hydrogens (tertiary/aromatic N) is 4. The van der Waals surface area contributed by atoms with Gasteiger partial charge in [0.05, 0.1) is 18.9 Å². The first-order valence-corrected chi connectivity index (χ1v) is 7.34. The number of halogens is 1. The molecule has 1 aromatic heterocycles. The quantitative estimate of drug-likeness (QED) is 0.930. The maximum absolute atomic E-state index is 14.3. The topological polar surface area (TPSA) is 74.1 Å². The molecule has 3 rings (SSSR count). The summed E-state index contributed by atoms with van der Waals surface area (Å²) in [6.45, 7) is 2.99. The number of rotatable bonds is 4. The van der Waals surface area contributed by atoms with E-state index < -0.39 is 0 Å². The molecule has 1 saturated heterocycles. The SMILES string of the molecule is N#Cc1nccnc1NCc1ccc(N2CCOCC2)c(F)c1. The van der Waals surface area contributed by atoms with Gasteiger partial charge in [-0.25, -0.2) is 14.4 Å². The molecule has 1 aliphatic rings. The van der Waals surface area contributed by atoms with Crippen molar-refractivity contribution in [3.8, 4) is 6.07 Å². The summed E-state index contributed by atoms with van der Waals surface area (Å²) < 4.78 is 19.6. The fraction of sp³-hybridized carbons (Fsp3) is 0.312. The number of benzene rings is 1. The molecule has 0 atom stereocenters. The van der Waals surface area contributed by atoms with Gasteiger partial charge in [0.15, 0.2) is 11.5 Å². The van der Waals surface area contributed by atoms with Gasteiger partial charge in [-0.3, -0.25) is 0 Å². The summed E-state index contributed by atoms with van der Waals surface area (Å²) in [5, 5.41) is 12.0. The second-order valence-corrected chi connectivity index (χ2v) is 5.10. The molecule has 118 valence electrons. The number of morpholine rings is 1. The van der Waals surface area contributed by atoms with Gasteiger partial charge in [-0.2, -0.15) is 5.26 Å². The second-order valence-electron chi connectivity index (χ2n) is 5.10. The Morgan fingerprint density at radius 2 is 2.04 bits per heavy atom. The fourth-order valence-electron chi connectivity index (χ4n) is 2.46. The molecule has 1 aromatic carbocycles. The lowest BCUT2D eigenvalue weighted by Gasteiger charge is -2.29. The number of anilines is 2. The van der Waals surface area contributed by atoms with E-state index in [2.05, 4.69) is 15.3 Å². The van der Waals surface area contributed by atoms with Crippen LogP contribution in [0.3, 0.4) is 0 Å². The van der Waals surface area contributed by atoms with Gasteiger partial charge in [0.2, 0.25) is 0 Å². The monoisotopic (exact) mass is 313 g/mol. The van der Waals surface area contributed by atoms with Crippen molar-refractivity contribution in [2.45, 2.75) is 6.54 Å². The number of hydrogen-bond donors (Lipinski definition) is 1. The lowest BCUT2D eigenvalue weighted by Crippen LogP contribution is -2.36. The number of ether oxygens (including phenoxy) is 1. The van der Waals surface area contributed by atoms with Gasteiger partial charge < -0.3 is 15.0 Å². The lowest BCUT2D eigenvalue weighted by molar-refractivity contribution is 0.122. The predicted molar refractivity (Wildman–Crippen MR) is 83.5 cm³/mol. The van der Waals surface area contributed by atoms with Crippen molar-refractivity contribution < 1.29 is 9.13 Å². The molecule has 0 aliphatic carbocycles. The van der Waals surface area contributed by atoms with Crippen LogP contribution in [0.1, 0.15) is 11.3 Å². The van der Waals surface area contributed by atoms with E-state index in [9.17, 15) is 4.39 Å². The van der Waals surface area contributed by atoms with E-state index in [0.29, 0.717) is 44.4 Å². The van der Waals surface area contributed by atoms with Crippen molar-refractivity contribution in [2.75, 3.05) is 36.5 Å². The van der Waals surface area contributed by atoms with E-state index in [1.54, 1.807) is 6.07 Å². The minimum Gasteiger partial charge on any atom is -0.378 e. The van der Waals surface area contributed by atoms with E-state index in [0.717, 1.165) is 5.56 Å². The van der Waals surface area contributed by atoms with Crippen LogP contribution in [0.5, 0.6) is 0 Å². The normalized spacial score (nSPS) is 14.3. The number of nitriles is 1. The van der Waals surface area contributed by atoms with Crippen molar-refractivity contribution in [1.29, 1.82) is 5.26 Å². The molecule has 2 heterocycles. The van der Waals surface area contributed by atoms with Gasteiger partial charge >= 0.3 is 0 Å². The fourth-order valence-corrected chi connectivity index (χ4v) is 2.46. The van der Waals surface area contributed by atoms with Crippen LogP contribution < -0.4 is 10.2 Å². The molecule has 6 nitrogen and oxygen atoms in total. The maximum Gasteiger partial charge on any atom is 0.182 e. The zero-order valence-corrected chi connectivity index (χ0v) is 12.5. The third-order valence-corrected chi connectivity index (χ3v) is 3.63. The molecule has 1 N–H and O–H groups in total. The highest BCUT2D eigenvalue weighted by Crippen LogP contribution is 2.22. The Bertz CT molecular complexity index is 725. The highest BCUT2D eigenvalue weighted by atomic mass is 19.1. The van der Waals surface area contributed by atoms with Crippen molar-refractivity contribution in [3.63, 3.8) is 0 Å². The molecule has 0 unspecified atom stereocenters. The van der Waals surface area contributed by atoms with Crippen LogP contribution in [0.15, 0.2) is 30.6 Å². The van der Waals surface area contributed by atoms with Gasteiger partial charge in [-0.05, 0) is 17.7 Å². The molecule has 0 saturated carbocycles. The van der Waals surface area contributed by atoms with Crippen LogP contribution in [0.2, 0.25) is 0 Å². The second kappa shape index (κ2) is 7.03. The Morgan fingerprint density at radius 3 is 2.78 bits per heavy atom. The highest BCUT2D eigenvalue weighted by Gasteiger charge is 2.15. The molecule has 0 amide bonds. The van der Waals surface area contributed by atoms with Crippen LogP contribution in [-0.2, 0) is 11.3 Å². The molecule has 23 heavy (non-hydrogen) atoms. The average molecular weight is 313 g/mol. The van der Waals surface area contributed by atoms with E-state index in [-0.39, 0.29) is 11.5 Å². The van der Waals surface area contributed by atoms with Crippen LogP contribution in [0.4, 0.5) is 15.9 Å². The van der Waals surface area contributed by atoms with Crippen LogP contribution in [0.25, 0.3) is 0 Å². The van der Waals surface area contributed by atoms with E-state index in [1.807, 2.05) is 17.0 Å². The Labute approximate surface area is 133 Å². The number of aromatic nitrogens is 2. The zero-order valence-electron chi connectivity index (χ0n) is 12.5. The standard InChI is InChI=1S/C16H16FN5O/c17-13-9-12(1-2-15(13)22-5-7-23-8-6-22)11-21-16-14(10-18)19-3-4-20-16/h1-4,9H,5-8,11H2,(H,20,21). The molecule has 2 aromatic rings. The summed E-state index contributed by atoms with van der Waals surface area (Å²) in [6.07, 6.45) is 2.96. The molecular weight excluding hydrogens is 297 g/mol. The summed E-state index contributed by atoms with van der Waals surface area (Å²) in [5.41, 5.74) is 1.58. The first-order valence-electron chi connectivity index (χ1n) is 7.34. The van der Waals surface area contributed by atoms with Crippen molar-refractivity contribution in [1.82, 2.24) is 9.97 Å². The summed E-state index contributed by atoms with van der Waals surface area (Å²) >= 11 is 0. The molecule has 1 fully saturated rings. The van der Waals surface area contributed by atoms with Crippen molar-refractivity contribution in [3.05, 3.63) is 47.7 Å². The average Bonchev–Trinajstić information content (AvgIpc) is 2.61. The molecule has 1 aliphatic heterocycles. The molecule has 0 spiro atoms. The Balaban J connectivity index is 1.69. The Morgan fingerprint density at radius 1 is 1.26 bits per heavy atom. The minimum atomic E-state index is -0.258. The molecule has 0 bridgehead atoms. The first-order chi connectivity index (χ1) is 11.3. The largest absolute Gasteiger partial charge is 0.378 e. The summed E-state index contributed by atoms with van der Waals surface area (Å²) in [6, 6.07) is 7.11. The maximum atomic E-state index is 14.3. The predicted octanol–water partition coefficient (Wildman–Crippen LogP) is 1.94. The Hall–Kier alpha value is -2.72. The summed E-state index contributed by atoms with van der Waals surface area (Å²) in [7, 11) is 0. The van der Waals surface area contributed by atoms with Gasteiger partial charge in [0.1, 0.15) is 11.9 Å². The smallest absolute Gasteiger partial charge is 0.182 e. The van der Waals surface area contributed by atoms with Crippen LogP contribution >= 0.6 is 0 Å². The Kier molecular flexibility index (Phi) is 4.64. The van der Waals surface area contributed by atoms with Gasteiger partial charge in [0.25, 0.3) is 0 Å². The van der Waals surface area contributed by atoms with Crippen molar-refractivity contribution in [2.24, 2.45) is 0 Å². The van der Waals surface area contributed by atoms with Gasteiger partial charge in [-0.1, -0.05) is 6.07 Å². The molecule has 0 radical (unpaired) electrons. The van der Waals surface area contributed by atoms with Gasteiger partial charge in [-0.15, -0.1) is 0 Å². The van der Waals surface area contributed by atoms with E-state index in [4.69, 9.17) is 10.00 Å². The summed E-state index contributed by atoms with van der Waals surface area (Å²) in [4.78, 5) is 9.97. The third-order valence-electron chi connectivity index (χ3n) is 3.63. The van der Waals surface area contributed by atoms with E-state index >= 15 is 0 Å². The first kappa shape index (κ1) is 15.2. The number of hydrogen-bond acceptors (Lipinski definition) is 6. The van der Waals surface area contributed by atoms with E-state index in [1.165, 1.54) is 18.5 Å². The van der Waals surface area contributed by atoms with Crippen LogP contribution in [0, 0.1) is 17.1 Å². The third kappa shape index (κ3) is 3.55. The van der Waals surface area contributed by atoms with Crippen molar-refractivity contribution >= 4 is 11.5 Å². The molecule has 7 heteroatoms. The van der Waals surface area contributed by atoms with Crippen LogP contribution in [-0.4, -0.2) is 36.3 Å². The van der Waals surface area contributed by atoms with Gasteiger partial charge in [0, 0.05) is 32.0 Å². The highest BCUT2D eigenvalue weighted by molar-refractivity contribution is 5.51. The molecular formula is C16H16FN5O. The number of nitrogens with one attached hydrogen (secondary N) is 1. The summed E-state index contributed by atoms with van der Waals surface area (Å²) in [5.74, 6) is 0.138.